The number of anilines is 2. The molecule has 2 aromatic carbocycles. The fourth-order valence-corrected chi connectivity index (χ4v) is 2.90. The van der Waals surface area contributed by atoms with Crippen LogP contribution in [0.5, 0.6) is 0 Å². The fraction of sp³-hybridized carbons (Fsp3) is 0.250. The van der Waals surface area contributed by atoms with Crippen LogP contribution in [0.2, 0.25) is 0 Å². The Labute approximate surface area is 128 Å². The van der Waals surface area contributed by atoms with Gasteiger partial charge in [-0.2, -0.15) is 0 Å². The molecule has 19 heavy (non-hydrogen) atoms. The molecule has 0 bridgehead atoms. The van der Waals surface area contributed by atoms with Crippen molar-refractivity contribution in [1.29, 1.82) is 0 Å². The highest BCUT2D eigenvalue weighted by Gasteiger charge is 2.19. The van der Waals surface area contributed by atoms with Gasteiger partial charge >= 0.3 is 0 Å². The highest BCUT2D eigenvalue weighted by molar-refractivity contribution is 14.1. The molecule has 0 radical (unpaired) electrons. The number of hydrogen-bond donors (Lipinski definition) is 0. The molecule has 2 nitrogen and oxygen atoms in total. The van der Waals surface area contributed by atoms with Crippen LogP contribution in [-0.2, 0) is 6.54 Å². The molecular weight excluding hydrogens is 347 g/mol. The number of halogens is 1. The average Bonchev–Trinajstić information content (AvgIpc) is 2.45. The summed E-state index contributed by atoms with van der Waals surface area (Å²) in [5, 5.41) is 0. The topological polar surface area (TPSA) is 6.48 Å². The van der Waals surface area contributed by atoms with Crippen molar-refractivity contribution in [1.82, 2.24) is 0 Å². The SMILES string of the molecule is CN1CCN(Cc2ccc(I)cc2)c2ccccc21. The first-order valence-corrected chi connectivity index (χ1v) is 7.61. The highest BCUT2D eigenvalue weighted by Crippen LogP contribution is 2.32. The molecule has 0 saturated heterocycles. The molecule has 0 spiro atoms. The number of likely N-dealkylation sites (N-methyl/N-ethyl adjacent to an activating group) is 1. The van der Waals surface area contributed by atoms with E-state index in [4.69, 9.17) is 0 Å². The highest BCUT2D eigenvalue weighted by atomic mass is 127. The molecule has 1 heterocycles. The second-order valence-corrected chi connectivity index (χ2v) is 6.20. The van der Waals surface area contributed by atoms with Gasteiger partial charge in [0.05, 0.1) is 11.4 Å². The maximum Gasteiger partial charge on any atom is 0.0607 e. The first-order valence-electron chi connectivity index (χ1n) is 6.53. The minimum atomic E-state index is 0.988. The van der Waals surface area contributed by atoms with Crippen LogP contribution in [0.15, 0.2) is 48.5 Å². The lowest BCUT2D eigenvalue weighted by atomic mass is 10.1. The van der Waals surface area contributed by atoms with Crippen molar-refractivity contribution in [3.8, 4) is 0 Å². The lowest BCUT2D eigenvalue weighted by Gasteiger charge is -2.37. The Kier molecular flexibility index (Phi) is 3.64. The summed E-state index contributed by atoms with van der Waals surface area (Å²) in [6, 6.07) is 17.5. The number of para-hydroxylation sites is 2. The first kappa shape index (κ1) is 12.8. The van der Waals surface area contributed by atoms with Gasteiger partial charge in [-0.3, -0.25) is 0 Å². The molecule has 1 aliphatic heterocycles. The smallest absolute Gasteiger partial charge is 0.0607 e. The lowest BCUT2D eigenvalue weighted by Crippen LogP contribution is -2.38. The Morgan fingerprint density at radius 2 is 1.63 bits per heavy atom. The number of benzene rings is 2. The predicted octanol–water partition coefficient (Wildman–Crippen LogP) is 3.75. The summed E-state index contributed by atoms with van der Waals surface area (Å²) in [6.45, 7) is 3.16. The quantitative estimate of drug-likeness (QED) is 0.749. The van der Waals surface area contributed by atoms with Gasteiger partial charge < -0.3 is 9.80 Å². The zero-order valence-corrected chi connectivity index (χ0v) is 13.2. The number of hydrogen-bond acceptors (Lipinski definition) is 2. The molecule has 0 fully saturated rings. The van der Waals surface area contributed by atoms with Crippen molar-refractivity contribution in [2.75, 3.05) is 29.9 Å². The van der Waals surface area contributed by atoms with Crippen LogP contribution in [-0.4, -0.2) is 20.1 Å². The van der Waals surface area contributed by atoms with E-state index in [9.17, 15) is 0 Å². The van der Waals surface area contributed by atoms with Crippen molar-refractivity contribution >= 4 is 34.0 Å². The molecule has 0 atom stereocenters. The Morgan fingerprint density at radius 1 is 0.947 bits per heavy atom. The Morgan fingerprint density at radius 3 is 2.37 bits per heavy atom. The van der Waals surface area contributed by atoms with Gasteiger partial charge in [0.15, 0.2) is 0 Å². The van der Waals surface area contributed by atoms with E-state index in [2.05, 4.69) is 88.0 Å². The molecular formula is C16H17IN2. The summed E-state index contributed by atoms with van der Waals surface area (Å²) in [5.41, 5.74) is 4.05. The summed E-state index contributed by atoms with van der Waals surface area (Å²) >= 11 is 2.35. The molecule has 2 aromatic rings. The molecule has 1 aliphatic rings. The van der Waals surface area contributed by atoms with E-state index >= 15 is 0 Å². The Balaban J connectivity index is 1.86. The lowest BCUT2D eigenvalue weighted by molar-refractivity contribution is 0.735. The van der Waals surface area contributed by atoms with Gasteiger partial charge in [0.1, 0.15) is 0 Å². The van der Waals surface area contributed by atoms with E-state index in [1.165, 1.54) is 20.5 Å². The van der Waals surface area contributed by atoms with Crippen LogP contribution in [0.4, 0.5) is 11.4 Å². The zero-order valence-electron chi connectivity index (χ0n) is 11.0. The summed E-state index contributed by atoms with van der Waals surface area (Å²) < 4.78 is 1.29. The van der Waals surface area contributed by atoms with E-state index in [0.717, 1.165) is 19.6 Å². The molecule has 0 unspecified atom stereocenters. The van der Waals surface area contributed by atoms with Gasteiger partial charge in [-0.25, -0.2) is 0 Å². The molecule has 0 amide bonds. The number of fused-ring (bicyclic) bond motifs is 1. The first-order chi connectivity index (χ1) is 9.24. The van der Waals surface area contributed by atoms with Gasteiger partial charge in [-0.05, 0) is 52.4 Å². The molecule has 0 aliphatic carbocycles. The van der Waals surface area contributed by atoms with Gasteiger partial charge in [0, 0.05) is 30.3 Å². The monoisotopic (exact) mass is 364 g/mol. The maximum atomic E-state index is 2.47. The predicted molar refractivity (Wildman–Crippen MR) is 89.9 cm³/mol. The van der Waals surface area contributed by atoms with Crippen LogP contribution in [0, 0.1) is 3.57 Å². The van der Waals surface area contributed by atoms with Gasteiger partial charge in [0.25, 0.3) is 0 Å². The molecule has 0 N–H and O–H groups in total. The van der Waals surface area contributed by atoms with Crippen molar-refractivity contribution in [3.63, 3.8) is 0 Å². The van der Waals surface area contributed by atoms with Gasteiger partial charge in [-0.15, -0.1) is 0 Å². The standard InChI is InChI=1S/C16H17IN2/c1-18-10-11-19(16-5-3-2-4-15(16)18)12-13-6-8-14(17)9-7-13/h2-9H,10-12H2,1H3. The zero-order chi connectivity index (χ0) is 13.2. The van der Waals surface area contributed by atoms with E-state index in [1.54, 1.807) is 0 Å². The van der Waals surface area contributed by atoms with E-state index in [1.807, 2.05) is 0 Å². The Hall–Kier alpha value is -1.23. The van der Waals surface area contributed by atoms with E-state index < -0.39 is 0 Å². The summed E-state index contributed by atoms with van der Waals surface area (Å²) in [6.07, 6.45) is 0. The summed E-state index contributed by atoms with van der Waals surface area (Å²) in [4.78, 5) is 4.80. The average molecular weight is 364 g/mol. The fourth-order valence-electron chi connectivity index (χ4n) is 2.54. The summed E-state index contributed by atoms with van der Waals surface area (Å²) in [5.74, 6) is 0. The van der Waals surface area contributed by atoms with Crippen LogP contribution in [0.3, 0.4) is 0 Å². The van der Waals surface area contributed by atoms with Crippen molar-refractivity contribution < 1.29 is 0 Å². The summed E-state index contributed by atoms with van der Waals surface area (Å²) in [7, 11) is 2.17. The second kappa shape index (κ2) is 5.41. The minimum Gasteiger partial charge on any atom is -0.371 e. The van der Waals surface area contributed by atoms with Gasteiger partial charge in [0.2, 0.25) is 0 Å². The van der Waals surface area contributed by atoms with Crippen LogP contribution in [0.25, 0.3) is 0 Å². The third kappa shape index (κ3) is 2.71. The van der Waals surface area contributed by atoms with Gasteiger partial charge in [-0.1, -0.05) is 24.3 Å². The molecule has 0 aromatic heterocycles. The largest absolute Gasteiger partial charge is 0.371 e. The van der Waals surface area contributed by atoms with Crippen molar-refractivity contribution in [2.45, 2.75) is 6.54 Å². The molecule has 3 heteroatoms. The second-order valence-electron chi connectivity index (χ2n) is 4.96. The normalized spacial score (nSPS) is 14.4. The van der Waals surface area contributed by atoms with Crippen LogP contribution in [0.1, 0.15) is 5.56 Å². The van der Waals surface area contributed by atoms with E-state index in [0.29, 0.717) is 0 Å². The molecule has 3 rings (SSSR count). The number of rotatable bonds is 2. The van der Waals surface area contributed by atoms with Crippen LogP contribution < -0.4 is 9.80 Å². The van der Waals surface area contributed by atoms with Crippen LogP contribution >= 0.6 is 22.6 Å². The maximum absolute atomic E-state index is 2.47. The van der Waals surface area contributed by atoms with Crippen molar-refractivity contribution in [2.24, 2.45) is 0 Å². The Bertz CT molecular complexity index is 565. The van der Waals surface area contributed by atoms with Crippen molar-refractivity contribution in [3.05, 3.63) is 57.7 Å². The third-order valence-corrected chi connectivity index (χ3v) is 4.34. The van der Waals surface area contributed by atoms with E-state index in [-0.39, 0.29) is 0 Å². The minimum absolute atomic E-state index is 0.988. The number of nitrogens with zero attached hydrogens (tertiary/aromatic N) is 2. The molecule has 0 saturated carbocycles. The third-order valence-electron chi connectivity index (χ3n) is 3.63. The molecule has 98 valence electrons.